The van der Waals surface area contributed by atoms with Gasteiger partial charge in [-0.15, -0.1) is 0 Å². The first-order valence-corrected chi connectivity index (χ1v) is 8.67. The highest BCUT2D eigenvalue weighted by Crippen LogP contribution is 2.22. The van der Waals surface area contributed by atoms with Crippen molar-refractivity contribution in [2.24, 2.45) is 0 Å². The molecule has 0 aliphatic heterocycles. The standard InChI is InChI=1S/C22H22N2O2/c1-4-26-21-13-9-8-10-18(21)14-15-20(25)22-16(2)23-24(17(22)3)19-11-6-5-7-12-19/h5-15H,4H2,1-3H3/b15-14+. The summed E-state index contributed by atoms with van der Waals surface area (Å²) >= 11 is 0. The fraction of sp³-hybridized carbons (Fsp3) is 0.182. The molecule has 0 radical (unpaired) electrons. The van der Waals surface area contributed by atoms with E-state index in [0.29, 0.717) is 12.2 Å². The average Bonchev–Trinajstić information content (AvgIpc) is 2.96. The Bertz CT molecular complexity index is 940. The Balaban J connectivity index is 1.91. The molecule has 4 heteroatoms. The molecule has 0 aliphatic carbocycles. The van der Waals surface area contributed by atoms with Gasteiger partial charge in [-0.25, -0.2) is 4.68 Å². The highest BCUT2D eigenvalue weighted by atomic mass is 16.5. The van der Waals surface area contributed by atoms with Gasteiger partial charge < -0.3 is 4.74 Å². The molecule has 0 atom stereocenters. The fourth-order valence-electron chi connectivity index (χ4n) is 2.97. The molecule has 0 saturated heterocycles. The first-order valence-electron chi connectivity index (χ1n) is 8.67. The van der Waals surface area contributed by atoms with Gasteiger partial charge in [-0.05, 0) is 51.1 Å². The van der Waals surface area contributed by atoms with Crippen molar-refractivity contribution in [1.82, 2.24) is 9.78 Å². The van der Waals surface area contributed by atoms with Gasteiger partial charge in [0.15, 0.2) is 5.78 Å². The van der Waals surface area contributed by atoms with Crippen molar-refractivity contribution in [3.8, 4) is 11.4 Å². The summed E-state index contributed by atoms with van der Waals surface area (Å²) in [5.74, 6) is 0.709. The molecule has 0 spiro atoms. The van der Waals surface area contributed by atoms with Crippen LogP contribution in [-0.2, 0) is 0 Å². The smallest absolute Gasteiger partial charge is 0.189 e. The van der Waals surface area contributed by atoms with E-state index in [4.69, 9.17) is 4.74 Å². The molecule has 1 heterocycles. The summed E-state index contributed by atoms with van der Waals surface area (Å²) in [5.41, 5.74) is 4.02. The number of allylic oxidation sites excluding steroid dienone is 1. The van der Waals surface area contributed by atoms with Gasteiger partial charge in [0.05, 0.1) is 29.2 Å². The maximum Gasteiger partial charge on any atom is 0.189 e. The Morgan fingerprint density at radius 2 is 1.77 bits per heavy atom. The molecular weight excluding hydrogens is 324 g/mol. The number of hydrogen-bond donors (Lipinski definition) is 0. The Hall–Kier alpha value is -3.14. The minimum absolute atomic E-state index is 0.0616. The van der Waals surface area contributed by atoms with E-state index in [1.807, 2.05) is 80.1 Å². The summed E-state index contributed by atoms with van der Waals surface area (Å²) < 4.78 is 7.42. The SMILES string of the molecule is CCOc1ccccc1/C=C/C(=O)c1c(C)nn(-c2ccccc2)c1C. The first-order chi connectivity index (χ1) is 12.6. The Kier molecular flexibility index (Phi) is 5.32. The zero-order valence-electron chi connectivity index (χ0n) is 15.3. The minimum Gasteiger partial charge on any atom is -0.493 e. The van der Waals surface area contributed by atoms with Crippen molar-refractivity contribution in [2.45, 2.75) is 20.8 Å². The molecular formula is C22H22N2O2. The molecule has 0 fully saturated rings. The molecule has 2 aromatic carbocycles. The molecule has 132 valence electrons. The van der Waals surface area contributed by atoms with E-state index in [0.717, 1.165) is 28.4 Å². The van der Waals surface area contributed by atoms with E-state index < -0.39 is 0 Å². The van der Waals surface area contributed by atoms with Crippen LogP contribution in [0.4, 0.5) is 0 Å². The highest BCUT2D eigenvalue weighted by molar-refractivity contribution is 6.08. The van der Waals surface area contributed by atoms with Gasteiger partial charge in [-0.1, -0.05) is 36.4 Å². The second-order valence-electron chi connectivity index (χ2n) is 5.96. The van der Waals surface area contributed by atoms with E-state index in [1.165, 1.54) is 0 Å². The van der Waals surface area contributed by atoms with Crippen molar-refractivity contribution in [3.05, 3.63) is 83.2 Å². The van der Waals surface area contributed by atoms with Crippen molar-refractivity contribution in [3.63, 3.8) is 0 Å². The van der Waals surface area contributed by atoms with E-state index in [1.54, 1.807) is 12.2 Å². The van der Waals surface area contributed by atoms with Gasteiger partial charge in [0.25, 0.3) is 0 Å². The molecule has 3 aromatic rings. The van der Waals surface area contributed by atoms with Crippen LogP contribution in [0.15, 0.2) is 60.7 Å². The zero-order valence-corrected chi connectivity index (χ0v) is 15.3. The molecule has 4 nitrogen and oxygen atoms in total. The summed E-state index contributed by atoms with van der Waals surface area (Å²) in [6.07, 6.45) is 3.39. The number of benzene rings is 2. The lowest BCUT2D eigenvalue weighted by Gasteiger charge is -2.06. The molecule has 26 heavy (non-hydrogen) atoms. The summed E-state index contributed by atoms with van der Waals surface area (Å²) in [7, 11) is 0. The second kappa shape index (κ2) is 7.83. The fourth-order valence-corrected chi connectivity index (χ4v) is 2.97. The van der Waals surface area contributed by atoms with Crippen LogP contribution >= 0.6 is 0 Å². The molecule has 0 saturated carbocycles. The quantitative estimate of drug-likeness (QED) is 0.476. The van der Waals surface area contributed by atoms with Crippen molar-refractivity contribution >= 4 is 11.9 Å². The summed E-state index contributed by atoms with van der Waals surface area (Å²) in [6.45, 7) is 6.31. The number of hydrogen-bond acceptors (Lipinski definition) is 3. The third-order valence-corrected chi connectivity index (χ3v) is 4.17. The average molecular weight is 346 g/mol. The molecule has 1 aromatic heterocycles. The molecule has 0 bridgehead atoms. The summed E-state index contributed by atoms with van der Waals surface area (Å²) in [4.78, 5) is 12.8. The molecule has 0 unspecified atom stereocenters. The number of nitrogens with zero attached hydrogens (tertiary/aromatic N) is 2. The third-order valence-electron chi connectivity index (χ3n) is 4.17. The lowest BCUT2D eigenvalue weighted by molar-refractivity contribution is 0.104. The van der Waals surface area contributed by atoms with Crippen LogP contribution in [0.5, 0.6) is 5.75 Å². The topological polar surface area (TPSA) is 44.1 Å². The maximum absolute atomic E-state index is 12.8. The van der Waals surface area contributed by atoms with Crippen LogP contribution in [-0.4, -0.2) is 22.2 Å². The predicted molar refractivity (Wildman–Crippen MR) is 104 cm³/mol. The van der Waals surface area contributed by atoms with Gasteiger partial charge in [0.1, 0.15) is 5.75 Å². The Labute approximate surface area is 153 Å². The Morgan fingerprint density at radius 1 is 1.08 bits per heavy atom. The van der Waals surface area contributed by atoms with Crippen LogP contribution in [0, 0.1) is 13.8 Å². The monoisotopic (exact) mass is 346 g/mol. The lowest BCUT2D eigenvalue weighted by Crippen LogP contribution is -2.01. The van der Waals surface area contributed by atoms with Crippen LogP contribution in [0.2, 0.25) is 0 Å². The van der Waals surface area contributed by atoms with Crippen LogP contribution in [0.1, 0.15) is 34.2 Å². The molecule has 0 N–H and O–H groups in total. The first kappa shape index (κ1) is 17.7. The lowest BCUT2D eigenvalue weighted by atomic mass is 10.1. The number of carbonyl (C=O) groups excluding carboxylic acids is 1. The maximum atomic E-state index is 12.8. The minimum atomic E-state index is -0.0616. The second-order valence-corrected chi connectivity index (χ2v) is 5.96. The predicted octanol–water partition coefficient (Wildman–Crippen LogP) is 4.78. The van der Waals surface area contributed by atoms with E-state index >= 15 is 0 Å². The molecule has 0 amide bonds. The largest absolute Gasteiger partial charge is 0.493 e. The zero-order chi connectivity index (χ0) is 18.5. The van der Waals surface area contributed by atoms with Gasteiger partial charge in [-0.3, -0.25) is 4.79 Å². The number of ether oxygens (including phenoxy) is 1. The van der Waals surface area contributed by atoms with Crippen LogP contribution in [0.3, 0.4) is 0 Å². The third kappa shape index (κ3) is 3.59. The van der Waals surface area contributed by atoms with Crippen LogP contribution < -0.4 is 4.74 Å². The number of carbonyl (C=O) groups is 1. The number of para-hydroxylation sites is 2. The number of rotatable bonds is 6. The van der Waals surface area contributed by atoms with Gasteiger partial charge in [0.2, 0.25) is 0 Å². The number of ketones is 1. The normalized spacial score (nSPS) is 11.0. The number of aromatic nitrogens is 2. The number of aryl methyl sites for hydroxylation is 1. The van der Waals surface area contributed by atoms with Crippen molar-refractivity contribution < 1.29 is 9.53 Å². The van der Waals surface area contributed by atoms with Crippen molar-refractivity contribution in [2.75, 3.05) is 6.61 Å². The van der Waals surface area contributed by atoms with Gasteiger partial charge in [-0.2, -0.15) is 5.10 Å². The van der Waals surface area contributed by atoms with Gasteiger partial charge >= 0.3 is 0 Å². The molecule has 3 rings (SSSR count). The molecule has 0 aliphatic rings. The highest BCUT2D eigenvalue weighted by Gasteiger charge is 2.17. The van der Waals surface area contributed by atoms with Crippen LogP contribution in [0.25, 0.3) is 11.8 Å². The summed E-state index contributed by atoms with van der Waals surface area (Å²) in [6, 6.07) is 17.5. The Morgan fingerprint density at radius 3 is 2.50 bits per heavy atom. The summed E-state index contributed by atoms with van der Waals surface area (Å²) in [5, 5.41) is 4.54. The van der Waals surface area contributed by atoms with Gasteiger partial charge in [0, 0.05) is 5.56 Å². The van der Waals surface area contributed by atoms with E-state index in [9.17, 15) is 4.79 Å². The van der Waals surface area contributed by atoms with Crippen molar-refractivity contribution in [1.29, 1.82) is 0 Å². The van der Waals surface area contributed by atoms with E-state index in [-0.39, 0.29) is 5.78 Å². The van der Waals surface area contributed by atoms with E-state index in [2.05, 4.69) is 5.10 Å².